The third-order valence-electron chi connectivity index (χ3n) is 3.07. The number of rotatable bonds is 4. The Bertz CT molecular complexity index is 747. The molecule has 0 amide bonds. The van der Waals surface area contributed by atoms with E-state index in [9.17, 15) is 8.42 Å². The summed E-state index contributed by atoms with van der Waals surface area (Å²) in [5.74, 6) is 0.584. The fraction of sp³-hybridized carbons (Fsp3) is 0.200. The molecule has 0 spiro atoms. The molecule has 21 heavy (non-hydrogen) atoms. The minimum atomic E-state index is -3.68. The van der Waals surface area contributed by atoms with E-state index >= 15 is 0 Å². The Labute approximate surface area is 124 Å². The monoisotopic (exact) mass is 306 g/mol. The molecule has 5 nitrogen and oxygen atoms in total. The highest BCUT2D eigenvalue weighted by atomic mass is 32.2. The first kappa shape index (κ1) is 15.2. The Morgan fingerprint density at radius 1 is 1.10 bits per heavy atom. The number of nitrogens with two attached hydrogens (primary N) is 1. The van der Waals surface area contributed by atoms with Crippen LogP contribution in [0.3, 0.4) is 0 Å². The zero-order chi connectivity index (χ0) is 15.6. The number of sulfonamides is 1. The van der Waals surface area contributed by atoms with Crippen molar-refractivity contribution >= 4 is 21.4 Å². The highest BCUT2D eigenvalue weighted by Crippen LogP contribution is 2.26. The molecule has 2 aromatic carbocycles. The van der Waals surface area contributed by atoms with Gasteiger partial charge in [-0.1, -0.05) is 6.07 Å². The first-order chi connectivity index (χ1) is 9.83. The van der Waals surface area contributed by atoms with Gasteiger partial charge in [-0.15, -0.1) is 0 Å². The molecule has 0 aliphatic heterocycles. The number of nitrogens with one attached hydrogen (secondary N) is 1. The van der Waals surface area contributed by atoms with Crippen LogP contribution in [-0.2, 0) is 10.0 Å². The summed E-state index contributed by atoms with van der Waals surface area (Å²) >= 11 is 0. The van der Waals surface area contributed by atoms with Gasteiger partial charge >= 0.3 is 0 Å². The van der Waals surface area contributed by atoms with Crippen LogP contribution in [0.15, 0.2) is 41.3 Å². The van der Waals surface area contributed by atoms with Crippen molar-refractivity contribution in [1.82, 2.24) is 0 Å². The molecule has 0 radical (unpaired) electrons. The SMILES string of the molecule is COc1cccc(NS(=O)(=O)c2c(C)cc(N)cc2C)c1. The molecule has 6 heteroatoms. The van der Waals surface area contributed by atoms with E-state index in [-0.39, 0.29) is 4.90 Å². The Balaban J connectivity index is 2.43. The maximum Gasteiger partial charge on any atom is 0.262 e. The van der Waals surface area contributed by atoms with Gasteiger partial charge in [-0.05, 0) is 49.2 Å². The van der Waals surface area contributed by atoms with Crippen LogP contribution in [0.4, 0.5) is 11.4 Å². The van der Waals surface area contributed by atoms with Crippen molar-refractivity contribution in [3.05, 3.63) is 47.5 Å². The topological polar surface area (TPSA) is 81.4 Å². The minimum absolute atomic E-state index is 0.250. The lowest BCUT2D eigenvalue weighted by atomic mass is 10.1. The third-order valence-corrected chi connectivity index (χ3v) is 4.76. The summed E-state index contributed by atoms with van der Waals surface area (Å²) in [6, 6.07) is 10.1. The van der Waals surface area contributed by atoms with Gasteiger partial charge in [0.15, 0.2) is 0 Å². The van der Waals surface area contributed by atoms with E-state index in [1.165, 1.54) is 7.11 Å². The number of aryl methyl sites for hydroxylation is 2. The molecule has 0 aromatic heterocycles. The Morgan fingerprint density at radius 2 is 1.71 bits per heavy atom. The first-order valence-corrected chi connectivity index (χ1v) is 7.85. The predicted octanol–water partition coefficient (Wildman–Crippen LogP) is 2.70. The van der Waals surface area contributed by atoms with Gasteiger partial charge in [0.1, 0.15) is 5.75 Å². The van der Waals surface area contributed by atoms with Crippen LogP contribution in [-0.4, -0.2) is 15.5 Å². The van der Waals surface area contributed by atoms with Crippen LogP contribution >= 0.6 is 0 Å². The number of hydrogen-bond acceptors (Lipinski definition) is 4. The summed E-state index contributed by atoms with van der Waals surface area (Å²) in [5, 5.41) is 0. The van der Waals surface area contributed by atoms with Crippen molar-refractivity contribution in [2.45, 2.75) is 18.7 Å². The lowest BCUT2D eigenvalue weighted by Crippen LogP contribution is -2.16. The smallest absolute Gasteiger partial charge is 0.262 e. The summed E-state index contributed by atoms with van der Waals surface area (Å²) in [4.78, 5) is 0.250. The molecule has 0 atom stereocenters. The Hall–Kier alpha value is -2.21. The number of hydrogen-bond donors (Lipinski definition) is 2. The summed E-state index contributed by atoms with van der Waals surface area (Å²) in [6.45, 7) is 3.45. The summed E-state index contributed by atoms with van der Waals surface area (Å²) in [7, 11) is -2.15. The molecule has 0 aliphatic rings. The standard InChI is InChI=1S/C15H18N2O3S/c1-10-7-12(16)8-11(2)15(10)21(18,19)17-13-5-4-6-14(9-13)20-3/h4-9,17H,16H2,1-3H3. The van der Waals surface area contributed by atoms with E-state index in [1.807, 2.05) is 0 Å². The molecule has 112 valence electrons. The Kier molecular flexibility index (Phi) is 4.09. The summed E-state index contributed by atoms with van der Waals surface area (Å²) < 4.78 is 32.8. The lowest BCUT2D eigenvalue weighted by molar-refractivity contribution is 0.415. The molecule has 0 unspecified atom stereocenters. The molecular formula is C15H18N2O3S. The fourth-order valence-electron chi connectivity index (χ4n) is 2.30. The second-order valence-corrected chi connectivity index (χ2v) is 6.44. The van der Waals surface area contributed by atoms with Gasteiger partial charge in [-0.3, -0.25) is 4.72 Å². The molecule has 0 saturated heterocycles. The molecule has 0 bridgehead atoms. The molecule has 3 N–H and O–H groups in total. The van der Waals surface area contributed by atoms with Gasteiger partial charge in [0, 0.05) is 11.8 Å². The van der Waals surface area contributed by atoms with Crippen molar-refractivity contribution in [2.75, 3.05) is 17.6 Å². The van der Waals surface area contributed by atoms with Crippen LogP contribution in [0.5, 0.6) is 5.75 Å². The zero-order valence-electron chi connectivity index (χ0n) is 12.2. The van der Waals surface area contributed by atoms with Crippen LogP contribution in [0.1, 0.15) is 11.1 Å². The first-order valence-electron chi connectivity index (χ1n) is 6.37. The van der Waals surface area contributed by atoms with Crippen LogP contribution < -0.4 is 15.2 Å². The van der Waals surface area contributed by atoms with Crippen molar-refractivity contribution in [1.29, 1.82) is 0 Å². The lowest BCUT2D eigenvalue weighted by Gasteiger charge is -2.14. The summed E-state index contributed by atoms with van der Waals surface area (Å²) in [5.41, 5.74) is 7.95. The molecule has 0 aliphatic carbocycles. The average Bonchev–Trinajstić information content (AvgIpc) is 2.36. The van der Waals surface area contributed by atoms with Gasteiger partial charge in [-0.2, -0.15) is 0 Å². The highest BCUT2D eigenvalue weighted by molar-refractivity contribution is 7.92. The van der Waals surface area contributed by atoms with Gasteiger partial charge in [0.25, 0.3) is 10.0 Å². The van der Waals surface area contributed by atoms with Gasteiger partial charge < -0.3 is 10.5 Å². The van der Waals surface area contributed by atoms with Crippen LogP contribution in [0.25, 0.3) is 0 Å². The van der Waals surface area contributed by atoms with E-state index in [1.54, 1.807) is 50.2 Å². The number of ether oxygens (including phenoxy) is 1. The van der Waals surface area contributed by atoms with Crippen molar-refractivity contribution in [3.8, 4) is 5.75 Å². The second kappa shape index (κ2) is 5.65. The largest absolute Gasteiger partial charge is 0.497 e. The van der Waals surface area contributed by atoms with Gasteiger partial charge in [0.2, 0.25) is 0 Å². The van der Waals surface area contributed by atoms with E-state index in [2.05, 4.69) is 4.72 Å². The second-order valence-electron chi connectivity index (χ2n) is 4.82. The maximum atomic E-state index is 12.6. The number of anilines is 2. The van der Waals surface area contributed by atoms with Crippen LogP contribution in [0, 0.1) is 13.8 Å². The van der Waals surface area contributed by atoms with Gasteiger partial charge in [-0.25, -0.2) is 8.42 Å². The van der Waals surface area contributed by atoms with Gasteiger partial charge in [0.05, 0.1) is 17.7 Å². The quantitative estimate of drug-likeness (QED) is 0.851. The predicted molar refractivity (Wildman–Crippen MR) is 84.1 cm³/mol. The van der Waals surface area contributed by atoms with Crippen LogP contribution in [0.2, 0.25) is 0 Å². The zero-order valence-corrected chi connectivity index (χ0v) is 13.0. The number of nitrogen functional groups attached to an aromatic ring is 1. The average molecular weight is 306 g/mol. The van der Waals surface area contributed by atoms with E-state index in [0.717, 1.165) is 0 Å². The number of benzene rings is 2. The molecule has 2 aromatic rings. The molecule has 0 fully saturated rings. The van der Waals surface area contributed by atoms with Crippen molar-refractivity contribution < 1.29 is 13.2 Å². The van der Waals surface area contributed by atoms with Crippen molar-refractivity contribution in [3.63, 3.8) is 0 Å². The van der Waals surface area contributed by atoms with Crippen molar-refractivity contribution in [2.24, 2.45) is 0 Å². The maximum absolute atomic E-state index is 12.6. The molecular weight excluding hydrogens is 288 g/mol. The minimum Gasteiger partial charge on any atom is -0.497 e. The fourth-order valence-corrected chi connectivity index (χ4v) is 3.81. The summed E-state index contributed by atoms with van der Waals surface area (Å²) in [6.07, 6.45) is 0. The van der Waals surface area contributed by atoms with E-state index < -0.39 is 10.0 Å². The van der Waals surface area contributed by atoms with E-state index in [0.29, 0.717) is 28.3 Å². The van der Waals surface area contributed by atoms with E-state index in [4.69, 9.17) is 10.5 Å². The number of methoxy groups -OCH3 is 1. The Morgan fingerprint density at radius 3 is 2.29 bits per heavy atom. The highest BCUT2D eigenvalue weighted by Gasteiger charge is 2.20. The molecule has 0 heterocycles. The normalized spacial score (nSPS) is 11.2. The molecule has 0 saturated carbocycles. The molecule has 2 rings (SSSR count). The third kappa shape index (κ3) is 3.28.